The summed E-state index contributed by atoms with van der Waals surface area (Å²) in [5, 5.41) is 14.3. The maximum Gasteiger partial charge on any atom is 0.242 e. The molecule has 0 bridgehead atoms. The SMILES string of the molecule is CNC(=O)C(Cc1cn(-c2ccc(-c3ccc(N4CCN(C)CC4)cc3)cc2)nn1)NC(=O)C1(c2ccccc2)CC1. The van der Waals surface area contributed by atoms with Gasteiger partial charge in [-0.3, -0.25) is 9.59 Å². The summed E-state index contributed by atoms with van der Waals surface area (Å²) >= 11 is 0. The molecule has 1 aliphatic carbocycles. The number of nitrogens with zero attached hydrogens (tertiary/aromatic N) is 5. The van der Waals surface area contributed by atoms with E-state index in [1.165, 1.54) is 5.69 Å². The molecule has 42 heavy (non-hydrogen) atoms. The second-order valence-corrected chi connectivity index (χ2v) is 11.3. The van der Waals surface area contributed by atoms with Gasteiger partial charge in [-0.25, -0.2) is 4.68 Å². The Morgan fingerprint density at radius 3 is 2.07 bits per heavy atom. The van der Waals surface area contributed by atoms with Gasteiger partial charge in [0, 0.05) is 45.3 Å². The summed E-state index contributed by atoms with van der Waals surface area (Å²) in [6.07, 6.45) is 3.60. The number of nitrogens with one attached hydrogen (secondary N) is 2. The number of carbonyl (C=O) groups is 2. The molecule has 2 N–H and O–H groups in total. The summed E-state index contributed by atoms with van der Waals surface area (Å²) < 4.78 is 1.70. The highest BCUT2D eigenvalue weighted by Gasteiger charge is 2.51. The molecule has 2 aliphatic rings. The van der Waals surface area contributed by atoms with Crippen LogP contribution in [0.3, 0.4) is 0 Å². The third-order valence-corrected chi connectivity index (χ3v) is 8.53. The van der Waals surface area contributed by atoms with Crippen molar-refractivity contribution >= 4 is 17.5 Å². The van der Waals surface area contributed by atoms with Crippen LogP contribution in [-0.4, -0.2) is 78.0 Å². The minimum absolute atomic E-state index is 0.123. The van der Waals surface area contributed by atoms with Gasteiger partial charge in [0.15, 0.2) is 0 Å². The largest absolute Gasteiger partial charge is 0.369 e. The van der Waals surface area contributed by atoms with Crippen LogP contribution >= 0.6 is 0 Å². The van der Waals surface area contributed by atoms with E-state index in [0.717, 1.165) is 61.4 Å². The molecule has 0 spiro atoms. The Labute approximate surface area is 246 Å². The van der Waals surface area contributed by atoms with E-state index in [9.17, 15) is 9.59 Å². The Kier molecular flexibility index (Phi) is 7.75. The molecule has 216 valence electrons. The quantitative estimate of drug-likeness (QED) is 0.325. The van der Waals surface area contributed by atoms with Gasteiger partial charge >= 0.3 is 0 Å². The summed E-state index contributed by atoms with van der Waals surface area (Å²) in [4.78, 5) is 30.8. The van der Waals surface area contributed by atoms with Crippen molar-refractivity contribution in [2.45, 2.75) is 30.7 Å². The first-order valence-corrected chi connectivity index (χ1v) is 14.6. The summed E-state index contributed by atoms with van der Waals surface area (Å²) in [6, 6.07) is 25.9. The van der Waals surface area contributed by atoms with E-state index in [1.54, 1.807) is 11.7 Å². The average molecular weight is 564 g/mol. The number of rotatable bonds is 9. The molecule has 1 saturated carbocycles. The Hall–Kier alpha value is -4.50. The molecular weight excluding hydrogens is 526 g/mol. The highest BCUT2D eigenvalue weighted by Crippen LogP contribution is 2.48. The standard InChI is InChI=1S/C33H37N7O2/c1-34-31(41)30(35-32(42)33(16-17-33)26-6-4-3-5-7-26)22-27-23-40(37-36-27)29-14-10-25(11-15-29)24-8-12-28(13-9-24)39-20-18-38(2)19-21-39/h3-15,23,30H,16-22H2,1-2H3,(H,34,41)(H,35,42). The minimum Gasteiger partial charge on any atom is -0.369 e. The van der Waals surface area contributed by atoms with Crippen molar-refractivity contribution in [2.75, 3.05) is 45.2 Å². The van der Waals surface area contributed by atoms with E-state index < -0.39 is 11.5 Å². The van der Waals surface area contributed by atoms with Crippen LogP contribution in [0, 0.1) is 0 Å². The normalized spacial score (nSPS) is 17.0. The number of anilines is 1. The lowest BCUT2D eigenvalue weighted by atomic mass is 9.94. The second-order valence-electron chi connectivity index (χ2n) is 11.3. The minimum atomic E-state index is -0.745. The number of hydrogen-bond donors (Lipinski definition) is 2. The summed E-state index contributed by atoms with van der Waals surface area (Å²) in [5.41, 5.74) is 5.46. The van der Waals surface area contributed by atoms with Gasteiger partial charge in [-0.05, 0) is 60.8 Å². The summed E-state index contributed by atoms with van der Waals surface area (Å²) in [7, 11) is 3.74. The summed E-state index contributed by atoms with van der Waals surface area (Å²) in [5.74, 6) is -0.383. The van der Waals surface area contributed by atoms with Crippen LogP contribution < -0.4 is 15.5 Å². The maximum absolute atomic E-state index is 13.3. The zero-order valence-electron chi connectivity index (χ0n) is 24.2. The van der Waals surface area contributed by atoms with E-state index in [1.807, 2.05) is 48.7 Å². The molecule has 2 heterocycles. The number of carbonyl (C=O) groups excluding carboxylic acids is 2. The fraction of sp³-hybridized carbons (Fsp3) is 0.333. The molecule has 4 aromatic rings. The van der Waals surface area contributed by atoms with E-state index in [4.69, 9.17) is 0 Å². The molecule has 2 fully saturated rings. The molecular formula is C33H37N7O2. The van der Waals surface area contributed by atoms with Crippen molar-refractivity contribution in [1.29, 1.82) is 0 Å². The molecule has 1 aromatic heterocycles. The zero-order valence-corrected chi connectivity index (χ0v) is 24.2. The van der Waals surface area contributed by atoms with Crippen molar-refractivity contribution in [2.24, 2.45) is 0 Å². The molecule has 9 nitrogen and oxygen atoms in total. The molecule has 2 amide bonds. The monoisotopic (exact) mass is 563 g/mol. The highest BCUT2D eigenvalue weighted by molar-refractivity contribution is 5.95. The van der Waals surface area contributed by atoms with Gasteiger partial charge in [0.25, 0.3) is 0 Å². The van der Waals surface area contributed by atoms with E-state index in [-0.39, 0.29) is 18.2 Å². The Morgan fingerprint density at radius 2 is 1.48 bits per heavy atom. The molecule has 1 aliphatic heterocycles. The first kappa shape index (κ1) is 27.7. The molecule has 9 heteroatoms. The average Bonchev–Trinajstić information content (AvgIpc) is 3.73. The molecule has 0 radical (unpaired) electrons. The van der Waals surface area contributed by atoms with Crippen molar-refractivity contribution < 1.29 is 9.59 Å². The number of hydrogen-bond acceptors (Lipinski definition) is 6. The number of likely N-dealkylation sites (N-methyl/N-ethyl adjacent to an activating group) is 2. The van der Waals surface area contributed by atoms with Crippen molar-refractivity contribution in [3.8, 4) is 16.8 Å². The Bertz CT molecular complexity index is 1520. The third-order valence-electron chi connectivity index (χ3n) is 8.53. The fourth-order valence-electron chi connectivity index (χ4n) is 5.67. The van der Waals surface area contributed by atoms with Crippen LogP contribution in [0.1, 0.15) is 24.1 Å². The predicted octanol–water partition coefficient (Wildman–Crippen LogP) is 3.19. The van der Waals surface area contributed by atoms with Crippen LogP contribution in [0.4, 0.5) is 5.69 Å². The number of benzene rings is 3. The zero-order chi connectivity index (χ0) is 29.1. The number of aromatic nitrogens is 3. The van der Waals surface area contributed by atoms with Gasteiger partial charge in [0.05, 0.1) is 23.0 Å². The Morgan fingerprint density at radius 1 is 0.857 bits per heavy atom. The van der Waals surface area contributed by atoms with Crippen molar-refractivity contribution in [3.63, 3.8) is 0 Å². The molecule has 1 atom stereocenters. The smallest absolute Gasteiger partial charge is 0.242 e. The van der Waals surface area contributed by atoms with Gasteiger partial charge in [0.1, 0.15) is 6.04 Å². The molecule has 1 saturated heterocycles. The lowest BCUT2D eigenvalue weighted by Gasteiger charge is -2.34. The van der Waals surface area contributed by atoms with Crippen LogP contribution in [-0.2, 0) is 21.4 Å². The van der Waals surface area contributed by atoms with E-state index >= 15 is 0 Å². The molecule has 1 unspecified atom stereocenters. The third kappa shape index (κ3) is 5.78. The van der Waals surface area contributed by atoms with E-state index in [0.29, 0.717) is 5.69 Å². The van der Waals surface area contributed by atoms with Crippen molar-refractivity contribution in [3.05, 3.63) is 96.3 Å². The first-order chi connectivity index (χ1) is 20.4. The second kappa shape index (κ2) is 11.8. The van der Waals surface area contributed by atoms with Gasteiger partial charge in [0.2, 0.25) is 11.8 Å². The molecule has 6 rings (SSSR count). The van der Waals surface area contributed by atoms with Gasteiger partial charge in [-0.15, -0.1) is 5.10 Å². The predicted molar refractivity (Wildman–Crippen MR) is 164 cm³/mol. The number of piperazine rings is 1. The highest BCUT2D eigenvalue weighted by atomic mass is 16.2. The van der Waals surface area contributed by atoms with Crippen LogP contribution in [0.15, 0.2) is 85.1 Å². The lowest BCUT2D eigenvalue weighted by Crippen LogP contribution is -2.50. The summed E-state index contributed by atoms with van der Waals surface area (Å²) in [6.45, 7) is 4.27. The van der Waals surface area contributed by atoms with E-state index in [2.05, 4.69) is 74.2 Å². The first-order valence-electron chi connectivity index (χ1n) is 14.6. The van der Waals surface area contributed by atoms with Crippen LogP contribution in [0.5, 0.6) is 0 Å². The topological polar surface area (TPSA) is 95.4 Å². The van der Waals surface area contributed by atoms with Gasteiger partial charge in [-0.2, -0.15) is 0 Å². The number of amides is 2. The Balaban J connectivity index is 1.11. The van der Waals surface area contributed by atoms with Gasteiger partial charge < -0.3 is 20.4 Å². The fourth-order valence-corrected chi connectivity index (χ4v) is 5.67. The van der Waals surface area contributed by atoms with Crippen LogP contribution in [0.2, 0.25) is 0 Å². The van der Waals surface area contributed by atoms with Gasteiger partial charge in [-0.1, -0.05) is 59.8 Å². The van der Waals surface area contributed by atoms with Crippen molar-refractivity contribution in [1.82, 2.24) is 30.5 Å². The maximum atomic E-state index is 13.3. The van der Waals surface area contributed by atoms with Crippen LogP contribution in [0.25, 0.3) is 16.8 Å². The molecule has 3 aromatic carbocycles. The lowest BCUT2D eigenvalue weighted by molar-refractivity contribution is -0.130.